The van der Waals surface area contributed by atoms with Crippen LogP contribution in [0.15, 0.2) is 28.2 Å². The van der Waals surface area contributed by atoms with Gasteiger partial charge < -0.3 is 9.80 Å². The summed E-state index contributed by atoms with van der Waals surface area (Å²) in [6.45, 7) is 3.79. The first-order valence-electron chi connectivity index (χ1n) is 8.42. The van der Waals surface area contributed by atoms with Crippen LogP contribution in [0.2, 0.25) is 0 Å². The number of fused-ring (bicyclic) bond motifs is 3. The van der Waals surface area contributed by atoms with E-state index in [1.165, 1.54) is 0 Å². The molecule has 10 heteroatoms. The second-order valence-corrected chi connectivity index (χ2v) is 8.20. The summed E-state index contributed by atoms with van der Waals surface area (Å²) in [6.07, 6.45) is 8.68. The number of piperazine rings is 1. The van der Waals surface area contributed by atoms with Crippen molar-refractivity contribution < 1.29 is 0 Å². The largest absolute Gasteiger partial charge is 0.349 e. The Morgan fingerprint density at radius 3 is 2.62 bits per heavy atom. The monoisotopic (exact) mass is 432 g/mol. The molecule has 134 valence electrons. The van der Waals surface area contributed by atoms with Crippen LogP contribution in [-0.2, 0) is 0 Å². The van der Waals surface area contributed by atoms with Gasteiger partial charge in [-0.2, -0.15) is 0 Å². The molecule has 5 rings (SSSR count). The number of hydrogen-bond donors (Lipinski definition) is 0. The molecule has 3 aromatic rings. The molecule has 3 aromatic heterocycles. The van der Waals surface area contributed by atoms with E-state index in [1.807, 2.05) is 36.2 Å². The van der Waals surface area contributed by atoms with Gasteiger partial charge >= 0.3 is 0 Å². The van der Waals surface area contributed by atoms with Gasteiger partial charge in [0.05, 0.1) is 16.6 Å². The molecule has 0 amide bonds. The lowest BCUT2D eigenvalue weighted by atomic mass is 10.2. The molecular weight excluding hydrogens is 416 g/mol. The third kappa shape index (κ3) is 2.38. The van der Waals surface area contributed by atoms with E-state index < -0.39 is 0 Å². The number of nitrogens with zero attached hydrogens (tertiary/aromatic N) is 8. The fourth-order valence-electron chi connectivity index (χ4n) is 3.96. The lowest BCUT2D eigenvalue weighted by molar-refractivity contribution is 0.630. The number of anilines is 2. The molecule has 5 heterocycles. The van der Waals surface area contributed by atoms with Crippen molar-refractivity contribution in [1.29, 1.82) is 0 Å². The first kappa shape index (κ1) is 16.2. The number of thioether (sulfide) groups is 1. The normalized spacial score (nSPS) is 22.0. The highest BCUT2D eigenvalue weighted by atomic mass is 79.9. The summed E-state index contributed by atoms with van der Waals surface area (Å²) in [4.78, 5) is 18.4. The van der Waals surface area contributed by atoms with E-state index in [4.69, 9.17) is 4.98 Å². The Labute approximate surface area is 163 Å². The molecule has 0 saturated carbocycles. The van der Waals surface area contributed by atoms with Gasteiger partial charge in [0.1, 0.15) is 11.6 Å². The Hall–Kier alpha value is -1.94. The zero-order valence-electron chi connectivity index (χ0n) is 14.4. The average Bonchev–Trinajstić information content (AvgIpc) is 3.36. The summed E-state index contributed by atoms with van der Waals surface area (Å²) in [5, 5.41) is 9.32. The van der Waals surface area contributed by atoms with Gasteiger partial charge in [-0.15, -0.1) is 10.2 Å². The summed E-state index contributed by atoms with van der Waals surface area (Å²) in [7, 11) is 0. The van der Waals surface area contributed by atoms with Crippen molar-refractivity contribution in [3.05, 3.63) is 28.9 Å². The second kappa shape index (κ2) is 6.05. The van der Waals surface area contributed by atoms with E-state index in [1.54, 1.807) is 11.8 Å². The molecule has 2 saturated heterocycles. The van der Waals surface area contributed by atoms with Crippen molar-refractivity contribution >= 4 is 45.0 Å². The van der Waals surface area contributed by atoms with Gasteiger partial charge in [-0.1, -0.05) is 11.8 Å². The highest BCUT2D eigenvalue weighted by Gasteiger charge is 2.45. The van der Waals surface area contributed by atoms with E-state index in [0.29, 0.717) is 12.1 Å². The Morgan fingerprint density at radius 2 is 1.88 bits per heavy atom. The molecule has 8 nitrogen and oxygen atoms in total. The van der Waals surface area contributed by atoms with Crippen molar-refractivity contribution in [2.24, 2.45) is 0 Å². The standard InChI is InChI=1S/C16H17BrN8S/c1-9-21-22-15-14(18-3-4-23(9)15)25-8-10-5-11(25)7-24(10)13-12(17)6-19-16(20-13)26-2/h3-4,6,10-11H,5,7-8H2,1-2H3. The lowest BCUT2D eigenvalue weighted by Gasteiger charge is -2.35. The van der Waals surface area contributed by atoms with Crippen LogP contribution in [0, 0.1) is 6.92 Å². The topological polar surface area (TPSA) is 75.3 Å². The lowest BCUT2D eigenvalue weighted by Crippen LogP contribution is -2.47. The molecular formula is C16H17BrN8S. The van der Waals surface area contributed by atoms with E-state index in [-0.39, 0.29) is 0 Å². The highest BCUT2D eigenvalue weighted by molar-refractivity contribution is 9.10. The molecule has 2 aliphatic rings. The van der Waals surface area contributed by atoms with Crippen LogP contribution in [-0.4, -0.2) is 61.0 Å². The minimum absolute atomic E-state index is 0.398. The van der Waals surface area contributed by atoms with Gasteiger partial charge in [-0.25, -0.2) is 15.0 Å². The quantitative estimate of drug-likeness (QED) is 0.460. The molecule has 0 spiro atoms. The Balaban J connectivity index is 1.45. The molecule has 0 aromatic carbocycles. The van der Waals surface area contributed by atoms with E-state index in [9.17, 15) is 0 Å². The van der Waals surface area contributed by atoms with Crippen LogP contribution < -0.4 is 9.80 Å². The fraction of sp³-hybridized carbons (Fsp3) is 0.438. The van der Waals surface area contributed by atoms with E-state index >= 15 is 0 Å². The first-order valence-corrected chi connectivity index (χ1v) is 10.4. The van der Waals surface area contributed by atoms with Crippen LogP contribution in [0.25, 0.3) is 5.65 Å². The maximum absolute atomic E-state index is 4.71. The highest BCUT2D eigenvalue weighted by Crippen LogP contribution is 2.39. The van der Waals surface area contributed by atoms with Crippen molar-refractivity contribution in [1.82, 2.24) is 29.5 Å². The summed E-state index contributed by atoms with van der Waals surface area (Å²) < 4.78 is 2.94. The molecule has 0 radical (unpaired) electrons. The molecule has 26 heavy (non-hydrogen) atoms. The van der Waals surface area contributed by atoms with Crippen LogP contribution >= 0.6 is 27.7 Å². The number of halogens is 1. The number of hydrogen-bond acceptors (Lipinski definition) is 8. The first-order chi connectivity index (χ1) is 12.7. The number of aromatic nitrogens is 6. The maximum atomic E-state index is 4.71. The molecule has 2 aliphatic heterocycles. The maximum Gasteiger partial charge on any atom is 0.203 e. The van der Waals surface area contributed by atoms with Gasteiger partial charge in [0, 0.05) is 31.7 Å². The Morgan fingerprint density at radius 1 is 1.12 bits per heavy atom. The summed E-state index contributed by atoms with van der Waals surface area (Å²) in [5.41, 5.74) is 0.831. The van der Waals surface area contributed by atoms with Crippen molar-refractivity contribution in [3.8, 4) is 0 Å². The smallest absolute Gasteiger partial charge is 0.203 e. The molecule has 0 aliphatic carbocycles. The van der Waals surface area contributed by atoms with Crippen LogP contribution in [0.3, 0.4) is 0 Å². The average molecular weight is 433 g/mol. The van der Waals surface area contributed by atoms with E-state index in [2.05, 4.69) is 45.9 Å². The minimum Gasteiger partial charge on any atom is -0.349 e. The zero-order chi connectivity index (χ0) is 17.8. The van der Waals surface area contributed by atoms with Crippen molar-refractivity contribution in [2.45, 2.75) is 30.6 Å². The summed E-state index contributed by atoms with van der Waals surface area (Å²) in [6, 6.07) is 0.808. The fourth-order valence-corrected chi connectivity index (χ4v) is 4.71. The van der Waals surface area contributed by atoms with E-state index in [0.717, 1.165) is 52.2 Å². The SMILES string of the molecule is CSc1ncc(Br)c(N2CC3CC2CN3c2nccn3c(C)nnc23)n1. The summed E-state index contributed by atoms with van der Waals surface area (Å²) in [5.74, 6) is 2.79. The Kier molecular flexibility index (Phi) is 3.78. The minimum atomic E-state index is 0.398. The molecule has 0 N–H and O–H groups in total. The predicted molar refractivity (Wildman–Crippen MR) is 104 cm³/mol. The molecule has 2 atom stereocenters. The molecule has 2 unspecified atom stereocenters. The van der Waals surface area contributed by atoms with Crippen molar-refractivity contribution in [2.75, 3.05) is 29.1 Å². The predicted octanol–water partition coefficient (Wildman–Crippen LogP) is 2.17. The third-order valence-corrected chi connectivity index (χ3v) is 6.27. The molecule has 2 fully saturated rings. The molecule has 2 bridgehead atoms. The second-order valence-electron chi connectivity index (χ2n) is 6.57. The van der Waals surface area contributed by atoms with Crippen LogP contribution in [0.1, 0.15) is 12.2 Å². The van der Waals surface area contributed by atoms with Crippen LogP contribution in [0.5, 0.6) is 0 Å². The van der Waals surface area contributed by atoms with Gasteiger partial charge in [0.15, 0.2) is 11.0 Å². The Bertz CT molecular complexity index is 992. The van der Waals surface area contributed by atoms with Crippen LogP contribution in [0.4, 0.5) is 11.6 Å². The van der Waals surface area contributed by atoms with Gasteiger partial charge in [-0.3, -0.25) is 4.40 Å². The van der Waals surface area contributed by atoms with Gasteiger partial charge in [0.2, 0.25) is 5.65 Å². The summed E-state index contributed by atoms with van der Waals surface area (Å²) >= 11 is 5.18. The van der Waals surface area contributed by atoms with Crippen molar-refractivity contribution in [3.63, 3.8) is 0 Å². The van der Waals surface area contributed by atoms with Gasteiger partial charge in [0.25, 0.3) is 0 Å². The van der Waals surface area contributed by atoms with Gasteiger partial charge in [-0.05, 0) is 35.5 Å². The zero-order valence-corrected chi connectivity index (χ0v) is 16.8. The third-order valence-electron chi connectivity index (χ3n) is 5.15. The number of aryl methyl sites for hydroxylation is 1. The number of rotatable bonds is 3.